The van der Waals surface area contributed by atoms with E-state index in [1.807, 2.05) is 18.2 Å². The Kier molecular flexibility index (Phi) is 4.61. The molecule has 0 radical (unpaired) electrons. The van der Waals surface area contributed by atoms with Crippen molar-refractivity contribution in [1.29, 1.82) is 0 Å². The zero-order valence-corrected chi connectivity index (χ0v) is 11.2. The van der Waals surface area contributed by atoms with E-state index in [4.69, 9.17) is 0 Å². The van der Waals surface area contributed by atoms with Crippen molar-refractivity contribution in [3.63, 3.8) is 0 Å². The highest BCUT2D eigenvalue weighted by molar-refractivity contribution is 5.81. The largest absolute Gasteiger partial charge is 0.508 e. The Bertz CT molecular complexity index is 440. The number of benzene rings is 1. The van der Waals surface area contributed by atoms with E-state index in [1.54, 1.807) is 12.1 Å². The van der Waals surface area contributed by atoms with Crippen molar-refractivity contribution in [2.24, 2.45) is 5.92 Å². The summed E-state index contributed by atoms with van der Waals surface area (Å²) in [5, 5.41) is 9.29. The summed E-state index contributed by atoms with van der Waals surface area (Å²) >= 11 is 0. The lowest BCUT2D eigenvalue weighted by Gasteiger charge is -2.27. The van der Waals surface area contributed by atoms with Gasteiger partial charge in [0.2, 0.25) is 0 Å². The normalized spacial score (nSPS) is 23.4. The van der Waals surface area contributed by atoms with Crippen LogP contribution in [0.5, 0.6) is 5.75 Å². The summed E-state index contributed by atoms with van der Waals surface area (Å²) in [5.41, 5.74) is 1.30. The summed E-state index contributed by atoms with van der Waals surface area (Å²) in [6.07, 6.45) is 7.95. The fraction of sp³-hybridized carbons (Fsp3) is 0.438. The first-order chi connectivity index (χ1) is 9.19. The number of hydrogen-bond acceptors (Lipinski definition) is 3. The second-order valence-electron chi connectivity index (χ2n) is 5.09. The van der Waals surface area contributed by atoms with Crippen LogP contribution in [0.25, 0.3) is 0 Å². The van der Waals surface area contributed by atoms with Crippen LogP contribution in [0, 0.1) is 5.92 Å². The van der Waals surface area contributed by atoms with Crippen LogP contribution in [-0.2, 0) is 9.53 Å². The third-order valence-corrected chi connectivity index (χ3v) is 3.84. The summed E-state index contributed by atoms with van der Waals surface area (Å²) in [5.74, 6) is 1.09. The molecule has 1 fully saturated rings. The maximum Gasteiger partial charge on any atom is 0.330 e. The molecule has 102 valence electrons. The Morgan fingerprint density at radius 2 is 1.84 bits per heavy atom. The second kappa shape index (κ2) is 6.41. The van der Waals surface area contributed by atoms with Crippen LogP contribution in [0.15, 0.2) is 36.4 Å². The van der Waals surface area contributed by atoms with Crippen molar-refractivity contribution < 1.29 is 14.6 Å². The lowest BCUT2D eigenvalue weighted by atomic mass is 9.78. The Labute approximate surface area is 113 Å². The van der Waals surface area contributed by atoms with E-state index in [2.05, 4.69) is 4.74 Å². The number of hydrogen-bond donors (Lipinski definition) is 1. The monoisotopic (exact) mass is 260 g/mol. The zero-order chi connectivity index (χ0) is 13.7. The van der Waals surface area contributed by atoms with E-state index in [1.165, 1.54) is 18.7 Å². The molecule has 1 aromatic rings. The molecule has 1 saturated carbocycles. The summed E-state index contributed by atoms with van der Waals surface area (Å²) in [6, 6.07) is 7.51. The lowest BCUT2D eigenvalue weighted by molar-refractivity contribution is -0.134. The number of carbonyl (C=O) groups excluding carboxylic acids is 1. The second-order valence-corrected chi connectivity index (χ2v) is 5.09. The smallest absolute Gasteiger partial charge is 0.330 e. The third kappa shape index (κ3) is 3.85. The molecule has 0 saturated heterocycles. The third-order valence-electron chi connectivity index (χ3n) is 3.84. The quantitative estimate of drug-likeness (QED) is 0.669. The number of phenols is 1. The highest BCUT2D eigenvalue weighted by Crippen LogP contribution is 2.36. The molecule has 0 bridgehead atoms. The molecule has 0 heterocycles. The molecule has 1 aromatic carbocycles. The van der Waals surface area contributed by atoms with Gasteiger partial charge in [-0.2, -0.15) is 0 Å². The number of ether oxygens (including phenoxy) is 1. The zero-order valence-electron chi connectivity index (χ0n) is 11.2. The van der Waals surface area contributed by atoms with E-state index in [0.29, 0.717) is 17.6 Å². The van der Waals surface area contributed by atoms with Crippen molar-refractivity contribution in [3.05, 3.63) is 42.0 Å². The number of allylic oxidation sites excluding steroid dienone is 1. The average molecular weight is 260 g/mol. The molecule has 1 aliphatic rings. The minimum atomic E-state index is -0.277. The molecular weight excluding hydrogens is 240 g/mol. The molecule has 1 aliphatic carbocycles. The molecule has 3 heteroatoms. The van der Waals surface area contributed by atoms with Crippen LogP contribution in [0.3, 0.4) is 0 Å². The molecular formula is C16H20O3. The highest BCUT2D eigenvalue weighted by atomic mass is 16.5. The Morgan fingerprint density at radius 3 is 2.42 bits per heavy atom. The van der Waals surface area contributed by atoms with Crippen molar-refractivity contribution in [3.8, 4) is 5.75 Å². The van der Waals surface area contributed by atoms with Gasteiger partial charge in [0.05, 0.1) is 7.11 Å². The number of esters is 1. The summed E-state index contributed by atoms with van der Waals surface area (Å²) in [4.78, 5) is 11.0. The fourth-order valence-electron chi connectivity index (χ4n) is 2.67. The van der Waals surface area contributed by atoms with Gasteiger partial charge in [0.25, 0.3) is 0 Å². The summed E-state index contributed by atoms with van der Waals surface area (Å²) < 4.78 is 4.59. The van der Waals surface area contributed by atoms with Gasteiger partial charge in [0.1, 0.15) is 5.75 Å². The SMILES string of the molecule is COC(=O)/C=C/C1CCC(c2ccc(O)cc2)CC1. The van der Waals surface area contributed by atoms with Crippen LogP contribution < -0.4 is 0 Å². The van der Waals surface area contributed by atoms with E-state index in [9.17, 15) is 9.90 Å². The number of aromatic hydroxyl groups is 1. The van der Waals surface area contributed by atoms with Gasteiger partial charge in [-0.15, -0.1) is 0 Å². The van der Waals surface area contributed by atoms with Crippen LogP contribution in [0.4, 0.5) is 0 Å². The standard InChI is InChI=1S/C16H20O3/c1-19-16(18)11-4-12-2-5-13(6-3-12)14-7-9-15(17)10-8-14/h4,7-13,17H,2-3,5-6H2,1H3/b11-4+. The van der Waals surface area contributed by atoms with Gasteiger partial charge in [0.15, 0.2) is 0 Å². The Morgan fingerprint density at radius 1 is 1.21 bits per heavy atom. The molecule has 0 amide bonds. The topological polar surface area (TPSA) is 46.5 Å². The van der Waals surface area contributed by atoms with E-state index in [0.717, 1.165) is 25.7 Å². The molecule has 3 nitrogen and oxygen atoms in total. The van der Waals surface area contributed by atoms with E-state index >= 15 is 0 Å². The first-order valence-electron chi connectivity index (χ1n) is 6.74. The first kappa shape index (κ1) is 13.7. The average Bonchev–Trinajstić information content (AvgIpc) is 2.46. The van der Waals surface area contributed by atoms with Crippen molar-refractivity contribution in [2.75, 3.05) is 7.11 Å². The van der Waals surface area contributed by atoms with Gasteiger partial charge in [-0.1, -0.05) is 18.2 Å². The number of methoxy groups -OCH3 is 1. The summed E-state index contributed by atoms with van der Waals surface area (Å²) in [7, 11) is 1.40. The van der Waals surface area contributed by atoms with Crippen molar-refractivity contribution >= 4 is 5.97 Å². The van der Waals surface area contributed by atoms with Gasteiger partial charge in [0, 0.05) is 6.08 Å². The maximum atomic E-state index is 11.0. The van der Waals surface area contributed by atoms with Gasteiger partial charge >= 0.3 is 5.97 Å². The van der Waals surface area contributed by atoms with Crippen molar-refractivity contribution in [2.45, 2.75) is 31.6 Å². The minimum Gasteiger partial charge on any atom is -0.508 e. The predicted octanol–water partition coefficient (Wildman–Crippen LogP) is 3.40. The molecule has 0 aliphatic heterocycles. The molecule has 0 unspecified atom stereocenters. The van der Waals surface area contributed by atoms with Crippen LogP contribution in [-0.4, -0.2) is 18.2 Å². The Hall–Kier alpha value is -1.77. The lowest BCUT2D eigenvalue weighted by Crippen LogP contribution is -2.12. The first-order valence-corrected chi connectivity index (χ1v) is 6.74. The van der Waals surface area contributed by atoms with Gasteiger partial charge in [-0.3, -0.25) is 0 Å². The van der Waals surface area contributed by atoms with E-state index in [-0.39, 0.29) is 5.97 Å². The predicted molar refractivity (Wildman–Crippen MR) is 74.0 cm³/mol. The van der Waals surface area contributed by atoms with Crippen LogP contribution in [0.2, 0.25) is 0 Å². The number of phenolic OH excluding ortho intramolecular Hbond substituents is 1. The molecule has 0 spiro atoms. The molecule has 0 aromatic heterocycles. The molecule has 0 atom stereocenters. The molecule has 1 N–H and O–H groups in total. The Balaban J connectivity index is 1.87. The fourth-order valence-corrected chi connectivity index (χ4v) is 2.67. The summed E-state index contributed by atoms with van der Waals surface area (Å²) in [6.45, 7) is 0. The minimum absolute atomic E-state index is 0.277. The molecule has 2 rings (SSSR count). The maximum absolute atomic E-state index is 11.0. The number of carbonyl (C=O) groups is 1. The van der Waals surface area contributed by atoms with E-state index < -0.39 is 0 Å². The molecule has 19 heavy (non-hydrogen) atoms. The highest BCUT2D eigenvalue weighted by Gasteiger charge is 2.20. The van der Waals surface area contributed by atoms with Gasteiger partial charge in [-0.05, 0) is 55.2 Å². The van der Waals surface area contributed by atoms with Crippen LogP contribution in [0.1, 0.15) is 37.2 Å². The number of rotatable bonds is 3. The van der Waals surface area contributed by atoms with Gasteiger partial charge in [-0.25, -0.2) is 4.79 Å². The van der Waals surface area contributed by atoms with Crippen LogP contribution >= 0.6 is 0 Å². The van der Waals surface area contributed by atoms with Gasteiger partial charge < -0.3 is 9.84 Å². The van der Waals surface area contributed by atoms with Crippen molar-refractivity contribution in [1.82, 2.24) is 0 Å².